The van der Waals surface area contributed by atoms with Gasteiger partial charge in [-0.1, -0.05) is 60.2 Å². The van der Waals surface area contributed by atoms with Gasteiger partial charge in [0, 0.05) is 10.8 Å². The van der Waals surface area contributed by atoms with Crippen LogP contribution in [-0.2, 0) is 11.3 Å². The number of carbonyl (C=O) groups is 2. The molecule has 1 amide bonds. The van der Waals surface area contributed by atoms with Gasteiger partial charge in [-0.25, -0.2) is 4.79 Å². The molecule has 0 spiro atoms. The number of hydrogen-bond donors (Lipinski definition) is 1. The summed E-state index contributed by atoms with van der Waals surface area (Å²) in [5.74, 6) is -0.979. The van der Waals surface area contributed by atoms with Gasteiger partial charge in [0.1, 0.15) is 4.88 Å². The van der Waals surface area contributed by atoms with Crippen molar-refractivity contribution in [1.82, 2.24) is 0 Å². The van der Waals surface area contributed by atoms with Crippen molar-refractivity contribution in [2.24, 2.45) is 5.92 Å². The Labute approximate surface area is 168 Å². The molecule has 1 aliphatic rings. The SMILES string of the molecule is Cc1cccc(CN(C(=O)C2CC2)c2cc(-c3ccccc3)sc2C(=O)O)c1. The lowest BCUT2D eigenvalue weighted by Crippen LogP contribution is -2.32. The number of benzene rings is 2. The molecule has 4 rings (SSSR count). The van der Waals surface area contributed by atoms with E-state index in [0.29, 0.717) is 12.2 Å². The quantitative estimate of drug-likeness (QED) is 0.615. The Morgan fingerprint density at radius 1 is 1.07 bits per heavy atom. The average molecular weight is 391 g/mol. The minimum absolute atomic E-state index is 0.00605. The molecule has 1 aliphatic carbocycles. The second-order valence-electron chi connectivity index (χ2n) is 7.18. The second-order valence-corrected chi connectivity index (χ2v) is 8.24. The summed E-state index contributed by atoms with van der Waals surface area (Å²) in [5, 5.41) is 9.79. The molecule has 28 heavy (non-hydrogen) atoms. The van der Waals surface area contributed by atoms with Gasteiger partial charge in [-0.05, 0) is 37.0 Å². The topological polar surface area (TPSA) is 57.6 Å². The first kappa shape index (κ1) is 18.4. The van der Waals surface area contributed by atoms with E-state index in [9.17, 15) is 14.7 Å². The molecule has 1 aromatic heterocycles. The Bertz CT molecular complexity index is 1020. The van der Waals surface area contributed by atoms with E-state index >= 15 is 0 Å². The number of carbonyl (C=O) groups excluding carboxylic acids is 1. The summed E-state index contributed by atoms with van der Waals surface area (Å²) in [5.41, 5.74) is 3.56. The lowest BCUT2D eigenvalue weighted by Gasteiger charge is -2.23. The first-order valence-corrected chi connectivity index (χ1v) is 10.1. The fraction of sp³-hybridized carbons (Fsp3) is 0.217. The van der Waals surface area contributed by atoms with E-state index < -0.39 is 5.97 Å². The summed E-state index contributed by atoms with van der Waals surface area (Å²) in [7, 11) is 0. The highest BCUT2D eigenvalue weighted by Gasteiger charge is 2.36. The molecule has 0 unspecified atom stereocenters. The van der Waals surface area contributed by atoms with Crippen LogP contribution in [0.2, 0.25) is 0 Å². The van der Waals surface area contributed by atoms with Crippen molar-refractivity contribution < 1.29 is 14.7 Å². The molecule has 4 nitrogen and oxygen atoms in total. The lowest BCUT2D eigenvalue weighted by molar-refractivity contribution is -0.119. The minimum atomic E-state index is -1.000. The number of carboxylic acid groups (broad SMARTS) is 1. The molecule has 5 heteroatoms. The summed E-state index contributed by atoms with van der Waals surface area (Å²) >= 11 is 1.22. The molecule has 0 saturated heterocycles. The first-order chi connectivity index (χ1) is 13.5. The van der Waals surface area contributed by atoms with Crippen molar-refractivity contribution >= 4 is 28.9 Å². The standard InChI is InChI=1S/C23H21NO3S/c1-15-6-5-7-16(12-15)14-24(22(25)18-10-11-18)19-13-20(28-21(19)23(26)27)17-8-3-2-4-9-17/h2-9,12-13,18H,10-11,14H2,1H3,(H,26,27). The smallest absolute Gasteiger partial charge is 0.348 e. The van der Waals surface area contributed by atoms with Crippen molar-refractivity contribution in [2.75, 3.05) is 4.90 Å². The zero-order valence-electron chi connectivity index (χ0n) is 15.6. The largest absolute Gasteiger partial charge is 0.477 e. The van der Waals surface area contributed by atoms with Crippen LogP contribution in [0.3, 0.4) is 0 Å². The van der Waals surface area contributed by atoms with Crippen LogP contribution in [0.4, 0.5) is 5.69 Å². The van der Waals surface area contributed by atoms with Crippen molar-refractivity contribution in [3.8, 4) is 10.4 Å². The van der Waals surface area contributed by atoms with Gasteiger partial charge in [-0.3, -0.25) is 4.79 Å². The van der Waals surface area contributed by atoms with Gasteiger partial charge >= 0.3 is 5.97 Å². The summed E-state index contributed by atoms with van der Waals surface area (Å²) in [6, 6.07) is 19.5. The van der Waals surface area contributed by atoms with Crippen LogP contribution in [0.25, 0.3) is 10.4 Å². The van der Waals surface area contributed by atoms with Crippen molar-refractivity contribution in [2.45, 2.75) is 26.3 Å². The third-order valence-corrected chi connectivity index (χ3v) is 6.03. The summed E-state index contributed by atoms with van der Waals surface area (Å²) in [4.78, 5) is 27.7. The summed E-state index contributed by atoms with van der Waals surface area (Å²) < 4.78 is 0. The van der Waals surface area contributed by atoms with Gasteiger partial charge in [-0.2, -0.15) is 0 Å². The van der Waals surface area contributed by atoms with Crippen molar-refractivity contribution in [3.05, 3.63) is 76.7 Å². The highest BCUT2D eigenvalue weighted by Crippen LogP contribution is 2.40. The highest BCUT2D eigenvalue weighted by molar-refractivity contribution is 7.18. The first-order valence-electron chi connectivity index (χ1n) is 9.32. The second kappa shape index (κ2) is 7.60. The van der Waals surface area contributed by atoms with Crippen LogP contribution in [0.15, 0.2) is 60.7 Å². The van der Waals surface area contributed by atoms with Gasteiger partial charge in [0.2, 0.25) is 5.91 Å². The number of thiophene rings is 1. The van der Waals surface area contributed by atoms with E-state index in [1.807, 2.05) is 67.6 Å². The Hall–Kier alpha value is -2.92. The highest BCUT2D eigenvalue weighted by atomic mass is 32.1. The predicted octanol–water partition coefficient (Wildman–Crippen LogP) is 5.36. The number of nitrogens with zero attached hydrogens (tertiary/aromatic N) is 1. The molecule has 1 heterocycles. The van der Waals surface area contributed by atoms with E-state index in [2.05, 4.69) is 0 Å². The van der Waals surface area contributed by atoms with Gasteiger partial charge in [0.25, 0.3) is 0 Å². The number of aryl methyl sites for hydroxylation is 1. The lowest BCUT2D eigenvalue weighted by atomic mass is 10.1. The van der Waals surface area contributed by atoms with Gasteiger partial charge < -0.3 is 10.0 Å². The van der Waals surface area contributed by atoms with Crippen LogP contribution in [0.5, 0.6) is 0 Å². The molecule has 0 aliphatic heterocycles. The molecule has 1 fully saturated rings. The molecular weight excluding hydrogens is 370 g/mol. The monoisotopic (exact) mass is 391 g/mol. The fourth-order valence-electron chi connectivity index (χ4n) is 3.31. The van der Waals surface area contributed by atoms with Crippen molar-refractivity contribution in [3.63, 3.8) is 0 Å². The maximum atomic E-state index is 13.1. The molecule has 142 valence electrons. The number of anilines is 1. The third-order valence-electron chi connectivity index (χ3n) is 4.87. The Morgan fingerprint density at radius 3 is 2.46 bits per heavy atom. The van der Waals surface area contributed by atoms with Gasteiger partial charge in [0.05, 0.1) is 12.2 Å². The number of hydrogen-bond acceptors (Lipinski definition) is 3. The zero-order valence-corrected chi connectivity index (χ0v) is 16.4. The van der Waals surface area contributed by atoms with Crippen molar-refractivity contribution in [1.29, 1.82) is 0 Å². The maximum absolute atomic E-state index is 13.1. The molecule has 1 saturated carbocycles. The zero-order chi connectivity index (χ0) is 19.7. The molecule has 2 aromatic carbocycles. The maximum Gasteiger partial charge on any atom is 0.348 e. The number of rotatable bonds is 6. The summed E-state index contributed by atoms with van der Waals surface area (Å²) in [6.07, 6.45) is 1.75. The molecular formula is C23H21NO3S. The number of amides is 1. The molecule has 0 bridgehead atoms. The normalized spacial score (nSPS) is 13.3. The fourth-order valence-corrected chi connectivity index (χ4v) is 4.31. The van der Waals surface area contributed by atoms with Crippen LogP contribution < -0.4 is 4.90 Å². The third kappa shape index (κ3) is 3.85. The predicted molar refractivity (Wildman–Crippen MR) is 112 cm³/mol. The van der Waals surface area contributed by atoms with Gasteiger partial charge in [-0.15, -0.1) is 11.3 Å². The Morgan fingerprint density at radius 2 is 1.82 bits per heavy atom. The van der Waals surface area contributed by atoms with Crippen LogP contribution in [0.1, 0.15) is 33.6 Å². The van der Waals surface area contributed by atoms with E-state index in [1.165, 1.54) is 11.3 Å². The van der Waals surface area contributed by atoms with E-state index in [-0.39, 0.29) is 16.7 Å². The average Bonchev–Trinajstić information content (AvgIpc) is 3.44. The molecule has 3 aromatic rings. The van der Waals surface area contributed by atoms with E-state index in [0.717, 1.165) is 34.4 Å². The number of carboxylic acids is 1. The van der Waals surface area contributed by atoms with Gasteiger partial charge in [0.15, 0.2) is 0 Å². The van der Waals surface area contributed by atoms with Crippen LogP contribution in [0, 0.1) is 12.8 Å². The Balaban J connectivity index is 1.77. The number of aromatic carboxylic acids is 1. The minimum Gasteiger partial charge on any atom is -0.477 e. The van der Waals surface area contributed by atoms with Crippen LogP contribution in [-0.4, -0.2) is 17.0 Å². The van der Waals surface area contributed by atoms with E-state index in [1.54, 1.807) is 4.90 Å². The molecule has 0 atom stereocenters. The Kier molecular flexibility index (Phi) is 5.01. The molecule has 1 N–H and O–H groups in total. The van der Waals surface area contributed by atoms with Crippen LogP contribution >= 0.6 is 11.3 Å². The molecule has 0 radical (unpaired) electrons. The van der Waals surface area contributed by atoms with E-state index in [4.69, 9.17) is 0 Å². The summed E-state index contributed by atoms with van der Waals surface area (Å²) in [6.45, 7) is 2.39.